The fraction of sp³-hybridized carbons (Fsp3) is 0.222. The number of nitrogens with one attached hydrogen (secondary N) is 1. The highest BCUT2D eigenvalue weighted by atomic mass is 19.1. The lowest BCUT2D eigenvalue weighted by atomic mass is 10.1. The van der Waals surface area contributed by atoms with Crippen LogP contribution in [0.25, 0.3) is 5.65 Å². The molecule has 23 heavy (non-hydrogen) atoms. The molecule has 2 aromatic heterocycles. The Morgan fingerprint density at radius 3 is 2.74 bits per heavy atom. The number of halogens is 1. The van der Waals surface area contributed by atoms with Gasteiger partial charge in [0.1, 0.15) is 11.5 Å². The van der Waals surface area contributed by atoms with Gasteiger partial charge in [0.15, 0.2) is 0 Å². The monoisotopic (exact) mass is 311 g/mol. The van der Waals surface area contributed by atoms with E-state index in [4.69, 9.17) is 0 Å². The Morgan fingerprint density at radius 1 is 1.22 bits per heavy atom. The van der Waals surface area contributed by atoms with Crippen LogP contribution >= 0.6 is 0 Å². The van der Waals surface area contributed by atoms with Crippen molar-refractivity contribution in [2.75, 3.05) is 6.54 Å². The summed E-state index contributed by atoms with van der Waals surface area (Å²) in [7, 11) is 0. The highest BCUT2D eigenvalue weighted by Gasteiger charge is 2.06. The van der Waals surface area contributed by atoms with Crippen molar-refractivity contribution in [1.29, 1.82) is 0 Å². The van der Waals surface area contributed by atoms with Crippen LogP contribution < -0.4 is 5.32 Å². The second-order valence-electron chi connectivity index (χ2n) is 5.53. The number of hydrogen-bond donors (Lipinski definition) is 1. The number of aromatic nitrogens is 2. The van der Waals surface area contributed by atoms with Crippen molar-refractivity contribution in [2.24, 2.45) is 0 Å². The van der Waals surface area contributed by atoms with E-state index in [1.54, 1.807) is 12.1 Å². The number of carbonyl (C=O) groups is 1. The van der Waals surface area contributed by atoms with Crippen LogP contribution in [0.3, 0.4) is 0 Å². The zero-order chi connectivity index (χ0) is 16.2. The highest BCUT2D eigenvalue weighted by Crippen LogP contribution is 2.08. The predicted octanol–water partition coefficient (Wildman–Crippen LogP) is 2.68. The topological polar surface area (TPSA) is 46.4 Å². The minimum absolute atomic E-state index is 0.0726. The molecule has 4 nitrogen and oxygen atoms in total. The number of carbonyl (C=O) groups excluding carboxylic acids is 1. The lowest BCUT2D eigenvalue weighted by Gasteiger charge is -2.04. The third-order valence-electron chi connectivity index (χ3n) is 3.73. The van der Waals surface area contributed by atoms with Gasteiger partial charge in [-0.2, -0.15) is 0 Å². The molecule has 2 heterocycles. The van der Waals surface area contributed by atoms with Gasteiger partial charge in [0, 0.05) is 24.9 Å². The minimum Gasteiger partial charge on any atom is -0.355 e. The summed E-state index contributed by atoms with van der Waals surface area (Å²) in [5.41, 5.74) is 3.79. The lowest BCUT2D eigenvalue weighted by Crippen LogP contribution is -2.27. The molecule has 0 aliphatic heterocycles. The maximum Gasteiger partial charge on any atom is 0.224 e. The van der Waals surface area contributed by atoms with Gasteiger partial charge in [-0.3, -0.25) is 4.79 Å². The van der Waals surface area contributed by atoms with E-state index < -0.39 is 0 Å². The van der Waals surface area contributed by atoms with Gasteiger partial charge in [-0.1, -0.05) is 18.2 Å². The Kier molecular flexibility index (Phi) is 4.37. The number of rotatable bonds is 5. The molecule has 3 aromatic rings. The first-order chi connectivity index (χ1) is 11.1. The third-order valence-corrected chi connectivity index (χ3v) is 3.73. The number of amides is 1. The average molecular weight is 311 g/mol. The van der Waals surface area contributed by atoms with Crippen molar-refractivity contribution < 1.29 is 9.18 Å². The van der Waals surface area contributed by atoms with E-state index in [0.29, 0.717) is 13.0 Å². The van der Waals surface area contributed by atoms with Crippen LogP contribution in [0.15, 0.2) is 48.7 Å². The SMILES string of the molecule is Cc1cccc2nc(CCNC(=O)Cc3ccc(F)cc3)cn12. The van der Waals surface area contributed by atoms with Crippen LogP contribution in [-0.4, -0.2) is 21.8 Å². The van der Waals surface area contributed by atoms with E-state index in [0.717, 1.165) is 22.6 Å². The molecule has 1 N–H and O–H groups in total. The molecule has 0 aliphatic rings. The molecule has 5 heteroatoms. The number of fused-ring (bicyclic) bond motifs is 1. The smallest absolute Gasteiger partial charge is 0.224 e. The molecular weight excluding hydrogens is 293 g/mol. The van der Waals surface area contributed by atoms with E-state index in [1.807, 2.05) is 35.7 Å². The fourth-order valence-corrected chi connectivity index (χ4v) is 2.50. The average Bonchev–Trinajstić information content (AvgIpc) is 2.94. The van der Waals surface area contributed by atoms with Gasteiger partial charge in [-0.05, 0) is 36.8 Å². The molecule has 0 unspecified atom stereocenters. The first-order valence-electron chi connectivity index (χ1n) is 7.56. The molecule has 0 saturated carbocycles. The minimum atomic E-state index is -0.295. The van der Waals surface area contributed by atoms with E-state index >= 15 is 0 Å². The summed E-state index contributed by atoms with van der Waals surface area (Å²) in [4.78, 5) is 16.4. The van der Waals surface area contributed by atoms with Gasteiger partial charge in [0.05, 0.1) is 12.1 Å². The quantitative estimate of drug-likeness (QED) is 0.787. The van der Waals surface area contributed by atoms with Crippen LogP contribution in [0.4, 0.5) is 4.39 Å². The van der Waals surface area contributed by atoms with Gasteiger partial charge in [0.25, 0.3) is 0 Å². The molecule has 1 amide bonds. The first kappa shape index (κ1) is 15.2. The summed E-state index contributed by atoms with van der Waals surface area (Å²) >= 11 is 0. The molecule has 3 rings (SSSR count). The summed E-state index contributed by atoms with van der Waals surface area (Å²) in [6.45, 7) is 2.56. The van der Waals surface area contributed by atoms with Crippen molar-refractivity contribution in [3.05, 3.63) is 71.4 Å². The van der Waals surface area contributed by atoms with Gasteiger partial charge in [-0.15, -0.1) is 0 Å². The lowest BCUT2D eigenvalue weighted by molar-refractivity contribution is -0.120. The summed E-state index contributed by atoms with van der Waals surface area (Å²) in [5.74, 6) is -0.368. The molecular formula is C18H18FN3O. The Labute approximate surface area is 134 Å². The maximum atomic E-state index is 12.8. The van der Waals surface area contributed by atoms with Crippen molar-refractivity contribution in [1.82, 2.24) is 14.7 Å². The molecule has 0 atom stereocenters. The number of aryl methyl sites for hydroxylation is 1. The van der Waals surface area contributed by atoms with Crippen molar-refractivity contribution in [3.8, 4) is 0 Å². The molecule has 1 aromatic carbocycles. The van der Waals surface area contributed by atoms with Crippen molar-refractivity contribution in [3.63, 3.8) is 0 Å². The van der Waals surface area contributed by atoms with Crippen LogP contribution in [-0.2, 0) is 17.6 Å². The highest BCUT2D eigenvalue weighted by molar-refractivity contribution is 5.78. The number of benzene rings is 1. The third kappa shape index (κ3) is 3.74. The zero-order valence-electron chi connectivity index (χ0n) is 12.9. The molecule has 0 aliphatic carbocycles. The normalized spacial score (nSPS) is 10.9. The van der Waals surface area contributed by atoms with E-state index in [9.17, 15) is 9.18 Å². The second kappa shape index (κ2) is 6.60. The first-order valence-corrected chi connectivity index (χ1v) is 7.56. The summed E-state index contributed by atoms with van der Waals surface area (Å²) in [6.07, 6.45) is 2.93. The van der Waals surface area contributed by atoms with Crippen molar-refractivity contribution >= 4 is 11.6 Å². The molecule has 0 radical (unpaired) electrons. The van der Waals surface area contributed by atoms with Gasteiger partial charge >= 0.3 is 0 Å². The Bertz CT molecular complexity index is 824. The number of pyridine rings is 1. The summed E-state index contributed by atoms with van der Waals surface area (Å²) in [5, 5.41) is 2.87. The largest absolute Gasteiger partial charge is 0.355 e. The standard InChI is InChI=1S/C18H18FN3O/c1-13-3-2-4-17-21-16(12-22(13)17)9-10-20-18(23)11-14-5-7-15(19)8-6-14/h2-8,12H,9-11H2,1H3,(H,20,23). The van der Waals surface area contributed by atoms with Gasteiger partial charge in [0.2, 0.25) is 5.91 Å². The van der Waals surface area contributed by atoms with Gasteiger partial charge < -0.3 is 9.72 Å². The zero-order valence-corrected chi connectivity index (χ0v) is 12.9. The fourth-order valence-electron chi connectivity index (χ4n) is 2.50. The van der Waals surface area contributed by atoms with E-state index in [1.165, 1.54) is 12.1 Å². The molecule has 0 bridgehead atoms. The van der Waals surface area contributed by atoms with Gasteiger partial charge in [-0.25, -0.2) is 9.37 Å². The van der Waals surface area contributed by atoms with Crippen LogP contribution in [0, 0.1) is 12.7 Å². The summed E-state index contributed by atoms with van der Waals surface area (Å²) in [6, 6.07) is 11.9. The Morgan fingerprint density at radius 2 is 2.00 bits per heavy atom. The Balaban J connectivity index is 1.53. The number of nitrogens with zero attached hydrogens (tertiary/aromatic N) is 2. The molecule has 0 saturated heterocycles. The second-order valence-corrected chi connectivity index (χ2v) is 5.53. The number of hydrogen-bond acceptors (Lipinski definition) is 2. The maximum absolute atomic E-state index is 12.8. The molecule has 0 fully saturated rings. The van der Waals surface area contributed by atoms with Crippen LogP contribution in [0.2, 0.25) is 0 Å². The molecule has 118 valence electrons. The summed E-state index contributed by atoms with van der Waals surface area (Å²) < 4.78 is 14.9. The number of imidazole rings is 1. The Hall–Kier alpha value is -2.69. The van der Waals surface area contributed by atoms with Crippen molar-refractivity contribution in [2.45, 2.75) is 19.8 Å². The van der Waals surface area contributed by atoms with Crippen LogP contribution in [0.1, 0.15) is 17.0 Å². The van der Waals surface area contributed by atoms with E-state index in [2.05, 4.69) is 10.3 Å². The van der Waals surface area contributed by atoms with E-state index in [-0.39, 0.29) is 18.1 Å². The predicted molar refractivity (Wildman–Crippen MR) is 86.7 cm³/mol. The molecule has 0 spiro atoms. The van der Waals surface area contributed by atoms with Crippen LogP contribution in [0.5, 0.6) is 0 Å².